The molecule has 0 saturated carbocycles. The molecule has 0 aliphatic rings. The number of aryl methyl sites for hydroxylation is 1. The average Bonchev–Trinajstić information content (AvgIpc) is 2.84. The van der Waals surface area contributed by atoms with E-state index in [4.69, 9.17) is 4.74 Å². The van der Waals surface area contributed by atoms with Gasteiger partial charge < -0.3 is 10.1 Å². The van der Waals surface area contributed by atoms with Gasteiger partial charge in [-0.1, -0.05) is 12.1 Å². The maximum Gasteiger partial charge on any atom is 0.220 e. The molecule has 102 valence electrons. The first-order chi connectivity index (χ1) is 9.29. The Balaban J connectivity index is 1.77. The van der Waals surface area contributed by atoms with Gasteiger partial charge in [0.15, 0.2) is 0 Å². The number of rotatable bonds is 7. The molecule has 1 aromatic carbocycles. The van der Waals surface area contributed by atoms with Crippen LogP contribution in [-0.4, -0.2) is 31.2 Å². The second-order valence-electron chi connectivity index (χ2n) is 4.27. The van der Waals surface area contributed by atoms with E-state index in [2.05, 4.69) is 16.4 Å². The zero-order chi connectivity index (χ0) is 13.5. The molecular weight excluding hydrogens is 260 g/mol. The monoisotopic (exact) mass is 278 g/mol. The highest BCUT2D eigenvalue weighted by molar-refractivity contribution is 7.18. The summed E-state index contributed by atoms with van der Waals surface area (Å²) in [6.45, 7) is 1.35. The summed E-state index contributed by atoms with van der Waals surface area (Å²) in [7, 11) is 1.66. The number of thiazole rings is 1. The van der Waals surface area contributed by atoms with Crippen molar-refractivity contribution in [1.29, 1.82) is 0 Å². The third kappa shape index (κ3) is 4.29. The van der Waals surface area contributed by atoms with Crippen LogP contribution in [0.3, 0.4) is 0 Å². The third-order valence-corrected chi connectivity index (χ3v) is 3.85. The molecule has 0 fully saturated rings. The Labute approximate surface area is 116 Å². The lowest BCUT2D eigenvalue weighted by atomic mass is 10.3. The van der Waals surface area contributed by atoms with E-state index < -0.39 is 0 Å². The van der Waals surface area contributed by atoms with Gasteiger partial charge in [0.2, 0.25) is 5.91 Å². The number of nitrogens with one attached hydrogen (secondary N) is 1. The number of nitrogens with zero attached hydrogens (tertiary/aromatic N) is 1. The molecule has 0 aliphatic carbocycles. The van der Waals surface area contributed by atoms with Gasteiger partial charge >= 0.3 is 0 Å². The van der Waals surface area contributed by atoms with Crippen LogP contribution in [0, 0.1) is 0 Å². The molecule has 0 atom stereocenters. The molecule has 0 radical (unpaired) electrons. The van der Waals surface area contributed by atoms with Crippen molar-refractivity contribution in [2.24, 2.45) is 0 Å². The molecule has 1 N–H and O–H groups in total. The molecule has 1 aromatic heterocycles. The number of carbonyl (C=O) groups excluding carboxylic acids is 1. The SMILES string of the molecule is COCCCNC(=O)CCc1nc2ccccc2s1. The van der Waals surface area contributed by atoms with Crippen LogP contribution in [0.5, 0.6) is 0 Å². The molecule has 0 bridgehead atoms. The van der Waals surface area contributed by atoms with Crippen molar-refractivity contribution < 1.29 is 9.53 Å². The lowest BCUT2D eigenvalue weighted by molar-refractivity contribution is -0.121. The number of methoxy groups -OCH3 is 1. The van der Waals surface area contributed by atoms with Crippen molar-refractivity contribution in [1.82, 2.24) is 10.3 Å². The number of amides is 1. The van der Waals surface area contributed by atoms with Crippen LogP contribution < -0.4 is 5.32 Å². The minimum absolute atomic E-state index is 0.0790. The van der Waals surface area contributed by atoms with Gasteiger partial charge in [0.05, 0.1) is 15.2 Å². The Morgan fingerprint density at radius 1 is 1.42 bits per heavy atom. The van der Waals surface area contributed by atoms with E-state index in [-0.39, 0.29) is 5.91 Å². The first-order valence-electron chi connectivity index (χ1n) is 6.39. The molecule has 19 heavy (non-hydrogen) atoms. The van der Waals surface area contributed by atoms with Gasteiger partial charge in [0.1, 0.15) is 0 Å². The van der Waals surface area contributed by atoms with Crippen LogP contribution in [0.2, 0.25) is 0 Å². The second kappa shape index (κ2) is 7.21. The quantitative estimate of drug-likeness (QED) is 0.791. The number of hydrogen-bond donors (Lipinski definition) is 1. The predicted octanol–water partition coefficient (Wildman–Crippen LogP) is 2.38. The summed E-state index contributed by atoms with van der Waals surface area (Å²) in [5.74, 6) is 0.0790. The molecule has 5 heteroatoms. The van der Waals surface area contributed by atoms with E-state index >= 15 is 0 Å². The van der Waals surface area contributed by atoms with Crippen molar-refractivity contribution >= 4 is 27.5 Å². The fraction of sp³-hybridized carbons (Fsp3) is 0.429. The van der Waals surface area contributed by atoms with Crippen molar-refractivity contribution in [2.75, 3.05) is 20.3 Å². The summed E-state index contributed by atoms with van der Waals surface area (Å²) in [5, 5.41) is 3.90. The van der Waals surface area contributed by atoms with Gasteiger partial charge in [-0.05, 0) is 18.6 Å². The highest BCUT2D eigenvalue weighted by Gasteiger charge is 2.06. The number of fused-ring (bicyclic) bond motifs is 1. The summed E-state index contributed by atoms with van der Waals surface area (Å²) >= 11 is 1.66. The summed E-state index contributed by atoms with van der Waals surface area (Å²) in [6.07, 6.45) is 2.05. The second-order valence-corrected chi connectivity index (χ2v) is 5.39. The number of para-hydroxylation sites is 1. The molecule has 0 saturated heterocycles. The van der Waals surface area contributed by atoms with E-state index in [9.17, 15) is 4.79 Å². The molecule has 0 unspecified atom stereocenters. The zero-order valence-corrected chi connectivity index (χ0v) is 11.8. The number of benzene rings is 1. The predicted molar refractivity (Wildman–Crippen MR) is 77.4 cm³/mol. The summed E-state index contributed by atoms with van der Waals surface area (Å²) < 4.78 is 6.11. The molecule has 2 aromatic rings. The molecule has 4 nitrogen and oxygen atoms in total. The van der Waals surface area contributed by atoms with E-state index in [1.165, 1.54) is 4.70 Å². The van der Waals surface area contributed by atoms with E-state index in [0.29, 0.717) is 26.0 Å². The smallest absolute Gasteiger partial charge is 0.220 e. The Morgan fingerprint density at radius 2 is 2.26 bits per heavy atom. The number of carbonyl (C=O) groups is 1. The van der Waals surface area contributed by atoms with Crippen LogP contribution >= 0.6 is 11.3 Å². The number of hydrogen-bond acceptors (Lipinski definition) is 4. The van der Waals surface area contributed by atoms with Gasteiger partial charge in [-0.3, -0.25) is 4.79 Å². The fourth-order valence-electron chi connectivity index (χ4n) is 1.78. The van der Waals surface area contributed by atoms with E-state index in [1.54, 1.807) is 18.4 Å². The third-order valence-electron chi connectivity index (χ3n) is 2.75. The Morgan fingerprint density at radius 3 is 3.05 bits per heavy atom. The summed E-state index contributed by atoms with van der Waals surface area (Å²) in [6, 6.07) is 8.04. The van der Waals surface area contributed by atoms with Crippen LogP contribution in [0.4, 0.5) is 0 Å². The highest BCUT2D eigenvalue weighted by atomic mass is 32.1. The van der Waals surface area contributed by atoms with Gasteiger partial charge in [-0.15, -0.1) is 11.3 Å². The Kier molecular flexibility index (Phi) is 5.30. The normalized spacial score (nSPS) is 10.8. The van der Waals surface area contributed by atoms with Gasteiger partial charge in [0, 0.05) is 33.1 Å². The zero-order valence-electron chi connectivity index (χ0n) is 11.0. The number of aromatic nitrogens is 1. The topological polar surface area (TPSA) is 51.2 Å². The first kappa shape index (κ1) is 14.0. The van der Waals surface area contributed by atoms with Gasteiger partial charge in [-0.2, -0.15) is 0 Å². The lowest BCUT2D eigenvalue weighted by Gasteiger charge is -2.03. The molecule has 0 spiro atoms. The van der Waals surface area contributed by atoms with Crippen molar-refractivity contribution in [2.45, 2.75) is 19.3 Å². The average molecular weight is 278 g/mol. The standard InChI is InChI=1S/C14H18N2O2S/c1-18-10-4-9-15-13(17)7-8-14-16-11-5-2-3-6-12(11)19-14/h2-3,5-6H,4,7-10H2,1H3,(H,15,17). The first-order valence-corrected chi connectivity index (χ1v) is 7.21. The molecular formula is C14H18N2O2S. The van der Waals surface area contributed by atoms with Crippen LogP contribution in [0.1, 0.15) is 17.8 Å². The molecule has 1 heterocycles. The Bertz CT molecular complexity index is 506. The summed E-state index contributed by atoms with van der Waals surface area (Å²) in [5.41, 5.74) is 1.02. The van der Waals surface area contributed by atoms with Crippen molar-refractivity contribution in [3.63, 3.8) is 0 Å². The van der Waals surface area contributed by atoms with E-state index in [0.717, 1.165) is 16.9 Å². The Hall–Kier alpha value is -1.46. The minimum Gasteiger partial charge on any atom is -0.385 e. The maximum atomic E-state index is 11.6. The van der Waals surface area contributed by atoms with Gasteiger partial charge in [0.25, 0.3) is 0 Å². The number of ether oxygens (including phenoxy) is 1. The summed E-state index contributed by atoms with van der Waals surface area (Å²) in [4.78, 5) is 16.1. The van der Waals surface area contributed by atoms with Gasteiger partial charge in [-0.25, -0.2) is 4.98 Å². The van der Waals surface area contributed by atoms with Crippen LogP contribution in [-0.2, 0) is 16.0 Å². The minimum atomic E-state index is 0.0790. The molecule has 2 rings (SSSR count). The van der Waals surface area contributed by atoms with Crippen molar-refractivity contribution in [3.8, 4) is 0 Å². The lowest BCUT2D eigenvalue weighted by Crippen LogP contribution is -2.25. The molecule has 0 aliphatic heterocycles. The van der Waals surface area contributed by atoms with Crippen molar-refractivity contribution in [3.05, 3.63) is 29.3 Å². The maximum absolute atomic E-state index is 11.6. The van der Waals surface area contributed by atoms with E-state index in [1.807, 2.05) is 18.2 Å². The highest BCUT2D eigenvalue weighted by Crippen LogP contribution is 2.22. The largest absolute Gasteiger partial charge is 0.385 e. The van der Waals surface area contributed by atoms with Crippen LogP contribution in [0.25, 0.3) is 10.2 Å². The fourth-order valence-corrected chi connectivity index (χ4v) is 2.75. The van der Waals surface area contributed by atoms with Crippen LogP contribution in [0.15, 0.2) is 24.3 Å². The molecule has 1 amide bonds.